The van der Waals surface area contributed by atoms with Gasteiger partial charge >= 0.3 is 5.97 Å². The molecule has 1 fully saturated rings. The van der Waals surface area contributed by atoms with E-state index in [4.69, 9.17) is 4.74 Å². The molecule has 26 heavy (non-hydrogen) atoms. The Morgan fingerprint density at radius 2 is 2.23 bits per heavy atom. The van der Waals surface area contributed by atoms with Crippen molar-refractivity contribution in [3.8, 4) is 0 Å². The summed E-state index contributed by atoms with van der Waals surface area (Å²) < 4.78 is 5.06. The number of hydrogen-bond acceptors (Lipinski definition) is 4. The first-order chi connectivity index (χ1) is 12.4. The van der Waals surface area contributed by atoms with Crippen molar-refractivity contribution in [3.05, 3.63) is 29.6 Å². The fraction of sp³-hybridized carbons (Fsp3) is 0.526. The van der Waals surface area contributed by atoms with Crippen LogP contribution >= 0.6 is 0 Å². The number of carboxylic acids is 1. The van der Waals surface area contributed by atoms with Crippen LogP contribution in [-0.4, -0.2) is 58.7 Å². The SMILES string of the molecule is COCCC[C@@]1(C(=O)O)CCCN(C(=O)c2ccc3nc(C)[nH]c3c2)C1. The molecule has 7 heteroatoms. The fourth-order valence-electron chi connectivity index (χ4n) is 3.80. The lowest BCUT2D eigenvalue weighted by molar-refractivity contribution is -0.152. The van der Waals surface area contributed by atoms with E-state index in [-0.39, 0.29) is 12.5 Å². The minimum absolute atomic E-state index is 0.129. The number of carboxylic acid groups (broad SMARTS) is 1. The number of aryl methyl sites for hydroxylation is 1. The molecule has 0 bridgehead atoms. The molecule has 7 nitrogen and oxygen atoms in total. The molecule has 1 aliphatic heterocycles. The highest BCUT2D eigenvalue weighted by Crippen LogP contribution is 2.35. The summed E-state index contributed by atoms with van der Waals surface area (Å²) in [5.74, 6) is -0.160. The Hall–Kier alpha value is -2.41. The van der Waals surface area contributed by atoms with E-state index >= 15 is 0 Å². The Balaban J connectivity index is 1.80. The molecule has 0 spiro atoms. The van der Waals surface area contributed by atoms with Crippen LogP contribution < -0.4 is 0 Å². The van der Waals surface area contributed by atoms with E-state index in [9.17, 15) is 14.7 Å². The summed E-state index contributed by atoms with van der Waals surface area (Å²) in [5.41, 5.74) is 1.30. The number of carbonyl (C=O) groups excluding carboxylic acids is 1. The predicted molar refractivity (Wildman–Crippen MR) is 97.1 cm³/mol. The molecular formula is C19H25N3O4. The summed E-state index contributed by atoms with van der Waals surface area (Å²) in [6.07, 6.45) is 2.47. The van der Waals surface area contributed by atoms with Gasteiger partial charge in [-0.1, -0.05) is 0 Å². The van der Waals surface area contributed by atoms with Crippen LogP contribution in [0, 0.1) is 12.3 Å². The molecule has 1 atom stereocenters. The Morgan fingerprint density at radius 1 is 1.42 bits per heavy atom. The van der Waals surface area contributed by atoms with E-state index in [0.717, 1.165) is 16.9 Å². The number of amides is 1. The zero-order valence-corrected chi connectivity index (χ0v) is 15.2. The highest BCUT2D eigenvalue weighted by Gasteiger charge is 2.43. The largest absolute Gasteiger partial charge is 0.481 e. The number of benzene rings is 1. The molecule has 1 amide bonds. The van der Waals surface area contributed by atoms with Gasteiger partial charge in [-0.3, -0.25) is 9.59 Å². The molecule has 140 valence electrons. The van der Waals surface area contributed by atoms with Crippen LogP contribution in [0.5, 0.6) is 0 Å². The Labute approximate surface area is 152 Å². The third-order valence-corrected chi connectivity index (χ3v) is 5.17. The number of hydrogen-bond donors (Lipinski definition) is 2. The third-order valence-electron chi connectivity index (χ3n) is 5.17. The topological polar surface area (TPSA) is 95.5 Å². The predicted octanol–water partition coefficient (Wildman–Crippen LogP) is 2.60. The van der Waals surface area contributed by atoms with Crippen molar-refractivity contribution in [1.82, 2.24) is 14.9 Å². The van der Waals surface area contributed by atoms with E-state index in [1.807, 2.05) is 13.0 Å². The lowest BCUT2D eigenvalue weighted by atomic mass is 9.76. The molecule has 1 saturated heterocycles. The highest BCUT2D eigenvalue weighted by atomic mass is 16.5. The molecule has 0 saturated carbocycles. The van der Waals surface area contributed by atoms with Crippen molar-refractivity contribution in [1.29, 1.82) is 0 Å². The smallest absolute Gasteiger partial charge is 0.311 e. The van der Waals surface area contributed by atoms with E-state index in [2.05, 4.69) is 9.97 Å². The second kappa shape index (κ2) is 7.45. The molecule has 0 radical (unpaired) electrons. The second-order valence-electron chi connectivity index (χ2n) is 7.07. The van der Waals surface area contributed by atoms with Gasteiger partial charge in [0.05, 0.1) is 16.4 Å². The molecule has 1 aromatic heterocycles. The summed E-state index contributed by atoms with van der Waals surface area (Å²) in [6.45, 7) is 3.22. The molecule has 3 rings (SSSR count). The van der Waals surface area contributed by atoms with Crippen molar-refractivity contribution in [2.45, 2.75) is 32.6 Å². The van der Waals surface area contributed by atoms with E-state index in [1.165, 1.54) is 0 Å². The molecule has 2 heterocycles. The first-order valence-corrected chi connectivity index (χ1v) is 8.93. The molecule has 0 unspecified atom stereocenters. The summed E-state index contributed by atoms with van der Waals surface area (Å²) >= 11 is 0. The number of likely N-dealkylation sites (tertiary alicyclic amines) is 1. The number of aromatic amines is 1. The number of H-pyrrole nitrogens is 1. The maximum absolute atomic E-state index is 13.0. The van der Waals surface area contributed by atoms with Crippen LogP contribution in [0.4, 0.5) is 0 Å². The van der Waals surface area contributed by atoms with Gasteiger partial charge in [-0.15, -0.1) is 0 Å². The van der Waals surface area contributed by atoms with Crippen molar-refractivity contribution < 1.29 is 19.4 Å². The van der Waals surface area contributed by atoms with Gasteiger partial charge in [0.25, 0.3) is 5.91 Å². The molecule has 1 aliphatic rings. The first kappa shape index (κ1) is 18.4. The number of nitrogens with one attached hydrogen (secondary N) is 1. The number of aromatic nitrogens is 2. The number of rotatable bonds is 6. The van der Waals surface area contributed by atoms with Crippen LogP contribution in [0.25, 0.3) is 11.0 Å². The van der Waals surface area contributed by atoms with Crippen LogP contribution in [0.15, 0.2) is 18.2 Å². The third kappa shape index (κ3) is 3.58. The minimum Gasteiger partial charge on any atom is -0.481 e. The molecule has 2 aromatic rings. The van der Waals surface area contributed by atoms with Crippen LogP contribution in [0.2, 0.25) is 0 Å². The van der Waals surface area contributed by atoms with Crippen molar-refractivity contribution in [3.63, 3.8) is 0 Å². The summed E-state index contributed by atoms with van der Waals surface area (Å²) in [6, 6.07) is 5.37. The fourth-order valence-corrected chi connectivity index (χ4v) is 3.80. The quantitative estimate of drug-likeness (QED) is 0.773. The lowest BCUT2D eigenvalue weighted by Crippen LogP contribution is -2.50. The number of ether oxygens (including phenoxy) is 1. The molecule has 2 N–H and O–H groups in total. The average molecular weight is 359 g/mol. The van der Waals surface area contributed by atoms with Crippen LogP contribution in [-0.2, 0) is 9.53 Å². The van der Waals surface area contributed by atoms with E-state index < -0.39 is 11.4 Å². The van der Waals surface area contributed by atoms with Gasteiger partial charge < -0.3 is 19.7 Å². The van der Waals surface area contributed by atoms with Gasteiger partial charge in [-0.2, -0.15) is 0 Å². The molecular weight excluding hydrogens is 334 g/mol. The number of aliphatic carboxylic acids is 1. The van der Waals surface area contributed by atoms with Gasteiger partial charge in [0.15, 0.2) is 0 Å². The van der Waals surface area contributed by atoms with Crippen molar-refractivity contribution in [2.24, 2.45) is 5.41 Å². The maximum Gasteiger partial charge on any atom is 0.311 e. The van der Waals surface area contributed by atoms with Gasteiger partial charge in [0.2, 0.25) is 0 Å². The molecule has 0 aliphatic carbocycles. The van der Waals surface area contributed by atoms with Gasteiger partial charge in [0, 0.05) is 32.4 Å². The zero-order valence-electron chi connectivity index (χ0n) is 15.2. The summed E-state index contributed by atoms with van der Waals surface area (Å²) in [4.78, 5) is 34.1. The monoisotopic (exact) mass is 359 g/mol. The van der Waals surface area contributed by atoms with Gasteiger partial charge in [-0.05, 0) is 50.8 Å². The number of fused-ring (bicyclic) bond motifs is 1. The van der Waals surface area contributed by atoms with E-state index in [0.29, 0.717) is 44.4 Å². The van der Waals surface area contributed by atoms with Crippen molar-refractivity contribution >= 4 is 22.9 Å². The second-order valence-corrected chi connectivity index (χ2v) is 7.07. The minimum atomic E-state index is -0.888. The Bertz CT molecular complexity index is 816. The summed E-state index contributed by atoms with van der Waals surface area (Å²) in [7, 11) is 1.61. The van der Waals surface area contributed by atoms with E-state index in [1.54, 1.807) is 24.1 Å². The Morgan fingerprint density at radius 3 is 2.96 bits per heavy atom. The number of piperidine rings is 1. The number of imidazole rings is 1. The Kier molecular flexibility index (Phi) is 5.27. The number of carbonyl (C=O) groups is 2. The van der Waals surface area contributed by atoms with Gasteiger partial charge in [-0.25, -0.2) is 4.98 Å². The number of methoxy groups -OCH3 is 1. The maximum atomic E-state index is 13.0. The van der Waals surface area contributed by atoms with Crippen LogP contribution in [0.3, 0.4) is 0 Å². The molecule has 1 aromatic carbocycles. The van der Waals surface area contributed by atoms with Gasteiger partial charge in [0.1, 0.15) is 5.82 Å². The van der Waals surface area contributed by atoms with Crippen molar-refractivity contribution in [2.75, 3.05) is 26.8 Å². The standard InChI is InChI=1S/C19H25N3O4/c1-13-20-15-6-5-14(11-16(15)21-13)17(23)22-9-3-7-19(12-22,18(24)25)8-4-10-26-2/h5-6,11H,3-4,7-10,12H2,1-2H3,(H,20,21)(H,24,25)/t19-/m0/s1. The average Bonchev–Trinajstić information content (AvgIpc) is 3.00. The summed E-state index contributed by atoms with van der Waals surface area (Å²) in [5, 5.41) is 9.81. The van der Waals surface area contributed by atoms with Crippen LogP contribution in [0.1, 0.15) is 41.9 Å². The normalized spacial score (nSPS) is 20.5. The highest BCUT2D eigenvalue weighted by molar-refractivity contribution is 5.97. The zero-order chi connectivity index (χ0) is 18.7. The number of nitrogens with zero attached hydrogens (tertiary/aromatic N) is 2. The first-order valence-electron chi connectivity index (χ1n) is 8.93. The lowest BCUT2D eigenvalue weighted by Gasteiger charge is -2.40.